The third kappa shape index (κ3) is 7.93. The average Bonchev–Trinajstić information content (AvgIpc) is 3.04. The number of benzene rings is 4. The second kappa shape index (κ2) is 17.2. The fourth-order valence-corrected chi connectivity index (χ4v) is 4.33. The van der Waals surface area contributed by atoms with Crippen LogP contribution in [0.15, 0.2) is 97.1 Å². The van der Waals surface area contributed by atoms with E-state index in [1.54, 1.807) is 36.4 Å². The van der Waals surface area contributed by atoms with Gasteiger partial charge in [0.2, 0.25) is 0 Å². The third-order valence-corrected chi connectivity index (χ3v) is 6.18. The van der Waals surface area contributed by atoms with Crippen LogP contribution in [0.5, 0.6) is 23.0 Å². The zero-order valence-corrected chi connectivity index (χ0v) is 25.9. The van der Waals surface area contributed by atoms with Crippen molar-refractivity contribution in [3.63, 3.8) is 0 Å². The van der Waals surface area contributed by atoms with Crippen molar-refractivity contribution in [2.45, 2.75) is 80.3 Å². The molecule has 0 atom stereocenters. The number of para-hydroxylation sites is 4. The van der Waals surface area contributed by atoms with Gasteiger partial charge < -0.3 is 9.47 Å². The third-order valence-electron chi connectivity index (χ3n) is 6.18. The van der Waals surface area contributed by atoms with E-state index in [0.29, 0.717) is 0 Å². The Morgan fingerprint density at radius 1 is 0.488 bits per heavy atom. The summed E-state index contributed by atoms with van der Waals surface area (Å²) in [7, 11) is 0. The van der Waals surface area contributed by atoms with Gasteiger partial charge in [-0.05, 0) is 42.3 Å². The van der Waals surface area contributed by atoms with Gasteiger partial charge in [0.1, 0.15) is 28.4 Å². The smallest absolute Gasteiger partial charge is 0.402 e. The lowest BCUT2D eigenvalue weighted by atomic mass is 9.73. The van der Waals surface area contributed by atoms with E-state index in [4.69, 9.17) is 9.47 Å². The number of rotatable bonds is 0. The molecule has 41 heavy (non-hydrogen) atoms. The summed E-state index contributed by atoms with van der Waals surface area (Å²) in [5.41, 5.74) is 0.804. The fraction of sp³-hybridized carbons (Fsp3) is 0.333. The van der Waals surface area contributed by atoms with E-state index in [9.17, 15) is 13.2 Å². The Labute approximate surface area is 245 Å². The SMILES string of the molecule is CC.CC.CC.CC.CC1(C(F)(F)F)c2ccccc2Oc2ccccc21.c1ccc2c(c1)Cc1ccccc1O2. The van der Waals surface area contributed by atoms with Crippen molar-refractivity contribution >= 4 is 0 Å². The van der Waals surface area contributed by atoms with Crippen LogP contribution in [-0.2, 0) is 11.8 Å². The maximum atomic E-state index is 13.6. The van der Waals surface area contributed by atoms with E-state index in [0.717, 1.165) is 17.9 Å². The van der Waals surface area contributed by atoms with E-state index in [1.165, 1.54) is 30.2 Å². The minimum atomic E-state index is -4.39. The molecule has 0 N–H and O–H groups in total. The Morgan fingerprint density at radius 3 is 1.15 bits per heavy atom. The van der Waals surface area contributed by atoms with Crippen molar-refractivity contribution in [1.82, 2.24) is 0 Å². The quantitative estimate of drug-likeness (QED) is 0.186. The molecule has 5 heteroatoms. The van der Waals surface area contributed by atoms with Gasteiger partial charge in [0.15, 0.2) is 0 Å². The van der Waals surface area contributed by atoms with Gasteiger partial charge in [-0.3, -0.25) is 0 Å². The second-order valence-corrected chi connectivity index (χ2v) is 8.21. The minimum absolute atomic E-state index is 0.154. The van der Waals surface area contributed by atoms with Gasteiger partial charge in [-0.25, -0.2) is 0 Å². The fourth-order valence-electron chi connectivity index (χ4n) is 4.33. The minimum Gasteiger partial charge on any atom is -0.457 e. The lowest BCUT2D eigenvalue weighted by Gasteiger charge is -2.38. The zero-order valence-electron chi connectivity index (χ0n) is 25.9. The van der Waals surface area contributed by atoms with Gasteiger partial charge in [-0.15, -0.1) is 0 Å². The highest BCUT2D eigenvalue weighted by atomic mass is 19.4. The Kier molecular flexibility index (Phi) is 14.8. The summed E-state index contributed by atoms with van der Waals surface area (Å²) >= 11 is 0. The number of hydrogen-bond acceptors (Lipinski definition) is 2. The Balaban J connectivity index is 0.000000338. The van der Waals surface area contributed by atoms with Gasteiger partial charge in [0.05, 0.1) is 0 Å². The molecule has 0 aromatic heterocycles. The van der Waals surface area contributed by atoms with Crippen molar-refractivity contribution in [1.29, 1.82) is 0 Å². The highest BCUT2D eigenvalue weighted by Crippen LogP contribution is 2.55. The lowest BCUT2D eigenvalue weighted by Crippen LogP contribution is -2.42. The molecule has 0 unspecified atom stereocenters. The predicted octanol–water partition coefficient (Wildman–Crippen LogP) is 12.1. The van der Waals surface area contributed by atoms with E-state index >= 15 is 0 Å². The molecule has 0 radical (unpaired) electrons. The molecule has 0 spiro atoms. The van der Waals surface area contributed by atoms with Gasteiger partial charge in [-0.2, -0.15) is 13.2 Å². The van der Waals surface area contributed by atoms with Crippen molar-refractivity contribution in [2.75, 3.05) is 0 Å². The number of ether oxygens (including phenoxy) is 2. The van der Waals surface area contributed by atoms with Crippen LogP contribution < -0.4 is 9.47 Å². The summed E-state index contributed by atoms with van der Waals surface area (Å²) in [5, 5.41) is 0. The second-order valence-electron chi connectivity index (χ2n) is 8.21. The van der Waals surface area contributed by atoms with Gasteiger partial charge in [0, 0.05) is 17.5 Å². The highest BCUT2D eigenvalue weighted by Gasteiger charge is 2.57. The van der Waals surface area contributed by atoms with Gasteiger partial charge in [-0.1, -0.05) is 128 Å². The molecule has 0 fully saturated rings. The van der Waals surface area contributed by atoms with Crippen LogP contribution in [0.2, 0.25) is 0 Å². The molecular formula is C36H45F3O2. The lowest BCUT2D eigenvalue weighted by molar-refractivity contribution is -0.174. The maximum Gasteiger partial charge on any atom is 0.402 e. The number of alkyl halides is 3. The van der Waals surface area contributed by atoms with Gasteiger partial charge in [0.25, 0.3) is 0 Å². The van der Waals surface area contributed by atoms with E-state index in [1.807, 2.05) is 79.7 Å². The largest absolute Gasteiger partial charge is 0.457 e. The van der Waals surface area contributed by atoms with E-state index in [-0.39, 0.29) is 22.6 Å². The number of hydrogen-bond donors (Lipinski definition) is 0. The predicted molar refractivity (Wildman–Crippen MR) is 167 cm³/mol. The summed E-state index contributed by atoms with van der Waals surface area (Å²) in [6, 6.07) is 29.0. The first kappa shape index (κ1) is 35.3. The monoisotopic (exact) mass is 566 g/mol. The molecule has 0 saturated heterocycles. The number of halogens is 3. The normalized spacial score (nSPS) is 12.4. The van der Waals surface area contributed by atoms with Crippen LogP contribution in [0.1, 0.15) is 84.6 Å². The molecule has 0 amide bonds. The first-order valence-corrected chi connectivity index (χ1v) is 14.6. The highest BCUT2D eigenvalue weighted by molar-refractivity contribution is 5.58. The summed E-state index contributed by atoms with van der Waals surface area (Å²) in [4.78, 5) is 0. The van der Waals surface area contributed by atoms with Crippen molar-refractivity contribution < 1.29 is 22.6 Å². The van der Waals surface area contributed by atoms with E-state index < -0.39 is 11.6 Å². The molecule has 4 aromatic carbocycles. The van der Waals surface area contributed by atoms with Gasteiger partial charge >= 0.3 is 6.18 Å². The summed E-state index contributed by atoms with van der Waals surface area (Å²) < 4.78 is 52.2. The molecule has 222 valence electrons. The number of fused-ring (bicyclic) bond motifs is 4. The van der Waals surface area contributed by atoms with Crippen molar-refractivity contribution in [3.8, 4) is 23.0 Å². The van der Waals surface area contributed by atoms with E-state index in [2.05, 4.69) is 24.3 Å². The molecule has 6 rings (SSSR count). The summed E-state index contributed by atoms with van der Waals surface area (Å²) in [6.07, 6.45) is -3.41. The molecular weight excluding hydrogens is 521 g/mol. The van der Waals surface area contributed by atoms with Crippen molar-refractivity contribution in [3.05, 3.63) is 119 Å². The first-order chi connectivity index (χ1) is 19.9. The average molecular weight is 567 g/mol. The molecule has 0 aliphatic carbocycles. The van der Waals surface area contributed by atoms with Crippen LogP contribution in [0, 0.1) is 0 Å². The van der Waals surface area contributed by atoms with Crippen LogP contribution >= 0.6 is 0 Å². The zero-order chi connectivity index (χ0) is 31.1. The van der Waals surface area contributed by atoms with Crippen molar-refractivity contribution in [2.24, 2.45) is 0 Å². The van der Waals surface area contributed by atoms with Crippen LogP contribution in [0.25, 0.3) is 0 Å². The summed E-state index contributed by atoms with van der Waals surface area (Å²) in [5.74, 6) is 2.51. The standard InChI is InChI=1S/C15H11F3O.C13H10O.4C2H6/c1-14(15(16,17)18)10-6-2-4-8-12(10)19-13-9-5-3-7-11(13)14;1-3-7-12-10(5-1)9-11-6-2-4-8-13(11)14-12;4*1-2/h2-9H,1H3;1-8H,9H2;4*1-2H3. The molecule has 4 aromatic rings. The molecule has 2 aliphatic heterocycles. The molecule has 2 aliphatic rings. The molecule has 0 saturated carbocycles. The molecule has 0 bridgehead atoms. The Bertz CT molecular complexity index is 1180. The van der Waals surface area contributed by atoms with Crippen LogP contribution in [-0.4, -0.2) is 6.18 Å². The Morgan fingerprint density at radius 2 is 0.780 bits per heavy atom. The molecule has 2 heterocycles. The maximum absolute atomic E-state index is 13.6. The molecule has 2 nitrogen and oxygen atoms in total. The Hall–Kier alpha value is -3.73. The first-order valence-electron chi connectivity index (χ1n) is 14.6. The topological polar surface area (TPSA) is 18.5 Å². The summed E-state index contributed by atoms with van der Waals surface area (Å²) in [6.45, 7) is 17.2. The van der Waals surface area contributed by atoms with Crippen LogP contribution in [0.4, 0.5) is 13.2 Å². The van der Waals surface area contributed by atoms with Crippen LogP contribution in [0.3, 0.4) is 0 Å².